The van der Waals surface area contributed by atoms with Gasteiger partial charge >= 0.3 is 5.97 Å². The van der Waals surface area contributed by atoms with Gasteiger partial charge in [-0.25, -0.2) is 0 Å². The Morgan fingerprint density at radius 2 is 1.79 bits per heavy atom. The summed E-state index contributed by atoms with van der Waals surface area (Å²) in [4.78, 5) is 10.6. The molecule has 0 aromatic heterocycles. The second kappa shape index (κ2) is 7.04. The van der Waals surface area contributed by atoms with Crippen LogP contribution in [-0.2, 0) is 19.0 Å². The highest BCUT2D eigenvalue weighted by Crippen LogP contribution is 2.16. The van der Waals surface area contributed by atoms with Gasteiger partial charge < -0.3 is 14.2 Å². The molecule has 0 saturated carbocycles. The van der Waals surface area contributed by atoms with Crippen LogP contribution in [0.5, 0.6) is 0 Å². The molecule has 0 aliphatic heterocycles. The number of halogens is 1. The third-order valence-electron chi connectivity index (χ3n) is 1.51. The quantitative estimate of drug-likeness (QED) is 0.374. The van der Waals surface area contributed by atoms with Crippen molar-refractivity contribution >= 4 is 17.6 Å². The van der Waals surface area contributed by atoms with Gasteiger partial charge in [-0.05, 0) is 13.8 Å². The summed E-state index contributed by atoms with van der Waals surface area (Å²) in [5, 5.41) is 0. The molecule has 0 unspecified atom stereocenters. The summed E-state index contributed by atoms with van der Waals surface area (Å²) in [5.41, 5.74) is 0. The van der Waals surface area contributed by atoms with E-state index in [9.17, 15) is 4.79 Å². The van der Waals surface area contributed by atoms with Gasteiger partial charge in [0, 0.05) is 20.1 Å². The first-order valence-electron chi connectivity index (χ1n) is 4.57. The summed E-state index contributed by atoms with van der Waals surface area (Å²) in [6, 6.07) is 0. The fourth-order valence-corrected chi connectivity index (χ4v) is 1.21. The monoisotopic (exact) mass is 224 g/mol. The Hall–Kier alpha value is -0.320. The first kappa shape index (κ1) is 13.7. The molecule has 0 aromatic carbocycles. The number of hydrogen-bond donors (Lipinski definition) is 0. The average Bonchev–Trinajstić information content (AvgIpc) is 2.15. The van der Waals surface area contributed by atoms with Crippen molar-refractivity contribution in [3.63, 3.8) is 0 Å². The van der Waals surface area contributed by atoms with Gasteiger partial charge in [-0.1, -0.05) is 0 Å². The summed E-state index contributed by atoms with van der Waals surface area (Å²) in [6.07, 6.45) is 0. The fourth-order valence-electron chi connectivity index (χ4n) is 0.978. The molecule has 0 heterocycles. The van der Waals surface area contributed by atoms with E-state index in [0.717, 1.165) is 0 Å². The van der Waals surface area contributed by atoms with Crippen LogP contribution in [0.2, 0.25) is 0 Å². The van der Waals surface area contributed by atoms with E-state index >= 15 is 0 Å². The van der Waals surface area contributed by atoms with Crippen molar-refractivity contribution in [1.29, 1.82) is 0 Å². The minimum Gasteiger partial charge on any atom is -0.460 e. The highest BCUT2D eigenvalue weighted by molar-refractivity contribution is 6.18. The minimum absolute atomic E-state index is 0.0213. The van der Waals surface area contributed by atoms with Gasteiger partial charge in [-0.15, -0.1) is 11.6 Å². The number of carbonyl (C=O) groups excluding carboxylic acids is 1. The summed E-state index contributed by atoms with van der Waals surface area (Å²) in [6.45, 7) is 5.91. The lowest BCUT2D eigenvalue weighted by Crippen LogP contribution is -2.43. The highest BCUT2D eigenvalue weighted by Gasteiger charge is 2.32. The minimum atomic E-state index is -1.00. The van der Waals surface area contributed by atoms with Crippen molar-refractivity contribution in [1.82, 2.24) is 0 Å². The van der Waals surface area contributed by atoms with E-state index in [1.165, 1.54) is 6.92 Å². The zero-order chi connectivity index (χ0) is 11.0. The lowest BCUT2D eigenvalue weighted by atomic mass is 10.3. The van der Waals surface area contributed by atoms with Gasteiger partial charge in [0.05, 0.1) is 5.88 Å². The van der Waals surface area contributed by atoms with E-state index in [1.807, 2.05) is 13.8 Å². The summed E-state index contributed by atoms with van der Waals surface area (Å²) in [7, 11) is 0. The average molecular weight is 225 g/mol. The number of hydrogen-bond acceptors (Lipinski definition) is 4. The van der Waals surface area contributed by atoms with E-state index in [2.05, 4.69) is 0 Å². The number of rotatable bonds is 7. The van der Waals surface area contributed by atoms with Gasteiger partial charge in [0.1, 0.15) is 6.61 Å². The van der Waals surface area contributed by atoms with Crippen LogP contribution < -0.4 is 0 Å². The van der Waals surface area contributed by atoms with Crippen molar-refractivity contribution in [3.8, 4) is 0 Å². The van der Waals surface area contributed by atoms with Crippen LogP contribution >= 0.6 is 11.6 Å². The van der Waals surface area contributed by atoms with Crippen molar-refractivity contribution in [2.45, 2.75) is 26.6 Å². The second-order valence-electron chi connectivity index (χ2n) is 2.69. The molecule has 0 rings (SSSR count). The molecule has 0 saturated heterocycles. The Bertz CT molecular complexity index is 166. The summed E-state index contributed by atoms with van der Waals surface area (Å²) >= 11 is 5.72. The van der Waals surface area contributed by atoms with Crippen LogP contribution in [0.4, 0.5) is 0 Å². The lowest BCUT2D eigenvalue weighted by molar-refractivity contribution is -0.241. The molecule has 14 heavy (non-hydrogen) atoms. The maximum atomic E-state index is 10.6. The van der Waals surface area contributed by atoms with Crippen molar-refractivity contribution in [2.24, 2.45) is 0 Å². The van der Waals surface area contributed by atoms with Crippen LogP contribution in [0.25, 0.3) is 0 Å². The van der Waals surface area contributed by atoms with Crippen LogP contribution in [-0.4, -0.2) is 37.5 Å². The van der Waals surface area contributed by atoms with Gasteiger partial charge in [-0.3, -0.25) is 4.79 Å². The molecule has 0 fully saturated rings. The maximum Gasteiger partial charge on any atom is 0.302 e. The lowest BCUT2D eigenvalue weighted by Gasteiger charge is -2.30. The van der Waals surface area contributed by atoms with Gasteiger partial charge in [0.2, 0.25) is 5.79 Å². The third-order valence-corrected chi connectivity index (χ3v) is 1.92. The number of carbonyl (C=O) groups is 1. The molecule has 0 spiro atoms. The first-order valence-corrected chi connectivity index (χ1v) is 5.11. The second-order valence-corrected chi connectivity index (χ2v) is 2.96. The van der Waals surface area contributed by atoms with Crippen LogP contribution in [0.3, 0.4) is 0 Å². The van der Waals surface area contributed by atoms with Crippen LogP contribution in [0.15, 0.2) is 0 Å². The van der Waals surface area contributed by atoms with E-state index < -0.39 is 5.79 Å². The van der Waals surface area contributed by atoms with E-state index in [1.54, 1.807) is 0 Å². The van der Waals surface area contributed by atoms with Crippen molar-refractivity contribution in [2.75, 3.05) is 25.7 Å². The largest absolute Gasteiger partial charge is 0.460 e. The molecule has 0 aliphatic carbocycles. The summed E-state index contributed by atoms with van der Waals surface area (Å²) < 4.78 is 15.5. The highest BCUT2D eigenvalue weighted by atomic mass is 35.5. The van der Waals surface area contributed by atoms with E-state index in [4.69, 9.17) is 25.8 Å². The molecular formula is C9H17ClO4. The SMILES string of the molecule is CCOC(CCl)(COC(C)=O)OCC. The molecule has 5 heteroatoms. The molecule has 0 atom stereocenters. The predicted octanol–water partition coefficient (Wildman–Crippen LogP) is 1.56. The Balaban J connectivity index is 4.24. The zero-order valence-corrected chi connectivity index (χ0v) is 9.60. The van der Waals surface area contributed by atoms with Gasteiger partial charge in [0.25, 0.3) is 0 Å². The zero-order valence-electron chi connectivity index (χ0n) is 8.84. The Morgan fingerprint density at radius 1 is 1.29 bits per heavy atom. The van der Waals surface area contributed by atoms with Gasteiger partial charge in [0.15, 0.2) is 0 Å². The normalized spacial score (nSPS) is 11.4. The van der Waals surface area contributed by atoms with Gasteiger partial charge in [-0.2, -0.15) is 0 Å². The number of esters is 1. The Labute approximate surface area is 89.5 Å². The van der Waals surface area contributed by atoms with Crippen molar-refractivity contribution in [3.05, 3.63) is 0 Å². The molecule has 0 bridgehead atoms. The fraction of sp³-hybridized carbons (Fsp3) is 0.889. The Kier molecular flexibility index (Phi) is 6.87. The molecule has 0 amide bonds. The predicted molar refractivity (Wildman–Crippen MR) is 53.3 cm³/mol. The topological polar surface area (TPSA) is 44.8 Å². The van der Waals surface area contributed by atoms with E-state index in [0.29, 0.717) is 13.2 Å². The molecular weight excluding hydrogens is 208 g/mol. The Morgan fingerprint density at radius 3 is 2.07 bits per heavy atom. The summed E-state index contributed by atoms with van der Waals surface area (Å²) in [5.74, 6) is -1.25. The van der Waals surface area contributed by atoms with Crippen LogP contribution in [0.1, 0.15) is 20.8 Å². The maximum absolute atomic E-state index is 10.6. The molecule has 0 aliphatic rings. The molecule has 0 radical (unpaired) electrons. The molecule has 0 N–H and O–H groups in total. The smallest absolute Gasteiger partial charge is 0.302 e. The number of ether oxygens (including phenoxy) is 3. The third kappa shape index (κ3) is 4.79. The molecule has 4 nitrogen and oxygen atoms in total. The molecule has 84 valence electrons. The molecule has 0 aromatic rings. The standard InChI is InChI=1S/C9H17ClO4/c1-4-13-9(6-10,14-5-2)7-12-8(3)11/h4-7H2,1-3H3. The van der Waals surface area contributed by atoms with Crippen molar-refractivity contribution < 1.29 is 19.0 Å². The van der Waals surface area contributed by atoms with E-state index in [-0.39, 0.29) is 18.5 Å². The number of alkyl halides is 1. The first-order chi connectivity index (χ1) is 6.60. The van der Waals surface area contributed by atoms with Crippen LogP contribution in [0, 0.1) is 0 Å².